The predicted octanol–water partition coefficient (Wildman–Crippen LogP) is 4.79. The molecule has 0 aliphatic heterocycles. The highest BCUT2D eigenvalue weighted by atomic mass is 35.5. The lowest BCUT2D eigenvalue weighted by atomic mass is 10.1. The quantitative estimate of drug-likeness (QED) is 0.480. The first kappa shape index (κ1) is 24.8. The summed E-state index contributed by atoms with van der Waals surface area (Å²) in [5.41, 5.74) is 3.65. The van der Waals surface area contributed by atoms with Crippen LogP contribution in [0.5, 0.6) is 0 Å². The van der Waals surface area contributed by atoms with Gasteiger partial charge in [0, 0.05) is 12.2 Å². The number of sulfonamides is 1. The Morgan fingerprint density at radius 3 is 2.30 bits per heavy atom. The van der Waals surface area contributed by atoms with Crippen molar-refractivity contribution in [3.63, 3.8) is 0 Å². The average Bonchev–Trinajstić information content (AvgIpc) is 2.76. The van der Waals surface area contributed by atoms with E-state index in [1.165, 1.54) is 18.2 Å². The molecular weight excluding hydrogens is 458 g/mol. The number of carbonyl (C=O) groups excluding carboxylic acids is 1. The van der Waals surface area contributed by atoms with Crippen molar-refractivity contribution >= 4 is 33.2 Å². The first-order valence-electron chi connectivity index (χ1n) is 10.5. The highest BCUT2D eigenvalue weighted by Crippen LogP contribution is 2.24. The molecule has 0 fully saturated rings. The Morgan fingerprint density at radius 1 is 0.970 bits per heavy atom. The second kappa shape index (κ2) is 10.4. The summed E-state index contributed by atoms with van der Waals surface area (Å²) in [6.07, 6.45) is 0. The summed E-state index contributed by atoms with van der Waals surface area (Å²) in [5, 5.41) is 3.06. The van der Waals surface area contributed by atoms with Crippen molar-refractivity contribution in [2.24, 2.45) is 0 Å². The smallest absolute Gasteiger partial charge is 0.261 e. The maximum absolute atomic E-state index is 12.9. The molecule has 3 aromatic carbocycles. The van der Waals surface area contributed by atoms with Crippen LogP contribution >= 0.6 is 11.6 Å². The summed E-state index contributed by atoms with van der Waals surface area (Å²) >= 11 is 6.25. The monoisotopic (exact) mass is 485 g/mol. The van der Waals surface area contributed by atoms with Crippen molar-refractivity contribution in [3.8, 4) is 0 Å². The number of hydrogen-bond acceptors (Lipinski definition) is 4. The zero-order chi connectivity index (χ0) is 24.2. The molecule has 8 heteroatoms. The zero-order valence-corrected chi connectivity index (χ0v) is 20.7. The van der Waals surface area contributed by atoms with Crippen LogP contribution in [0.3, 0.4) is 0 Å². The van der Waals surface area contributed by atoms with E-state index in [2.05, 4.69) is 10.0 Å². The van der Waals surface area contributed by atoms with Gasteiger partial charge in [0.05, 0.1) is 21.5 Å². The molecule has 0 bridgehead atoms. The standard InChI is InChI=1S/C25H28ClN3O3S/c1-17-10-11-20(14-18(17)2)28-33(31,32)21-12-13-23(26)22(15-21)25(30)27-16-24(29(3)4)19-8-6-5-7-9-19/h5-15,24,28H,16H2,1-4H3,(H,27,30). The molecule has 0 spiro atoms. The van der Waals surface area contributed by atoms with Gasteiger partial charge >= 0.3 is 0 Å². The van der Waals surface area contributed by atoms with Gasteiger partial charge < -0.3 is 10.2 Å². The fourth-order valence-electron chi connectivity index (χ4n) is 3.42. The summed E-state index contributed by atoms with van der Waals surface area (Å²) in [6.45, 7) is 4.20. The topological polar surface area (TPSA) is 78.5 Å². The van der Waals surface area contributed by atoms with E-state index >= 15 is 0 Å². The van der Waals surface area contributed by atoms with Gasteiger partial charge in [0.2, 0.25) is 0 Å². The van der Waals surface area contributed by atoms with Crippen LogP contribution in [0.25, 0.3) is 0 Å². The second-order valence-corrected chi connectivity index (χ2v) is 10.2. The summed E-state index contributed by atoms with van der Waals surface area (Å²) in [4.78, 5) is 14.9. The molecule has 1 atom stereocenters. The number of nitrogens with zero attached hydrogens (tertiary/aromatic N) is 1. The molecule has 0 radical (unpaired) electrons. The third kappa shape index (κ3) is 6.13. The molecule has 3 aromatic rings. The van der Waals surface area contributed by atoms with Crippen molar-refractivity contribution < 1.29 is 13.2 Å². The van der Waals surface area contributed by atoms with Gasteiger partial charge in [-0.1, -0.05) is 48.0 Å². The Hall–Kier alpha value is -2.87. The zero-order valence-electron chi connectivity index (χ0n) is 19.1. The van der Waals surface area contributed by atoms with Crippen molar-refractivity contribution in [1.29, 1.82) is 0 Å². The molecule has 0 aliphatic rings. The van der Waals surface area contributed by atoms with E-state index in [9.17, 15) is 13.2 Å². The van der Waals surface area contributed by atoms with Gasteiger partial charge in [-0.25, -0.2) is 8.42 Å². The van der Waals surface area contributed by atoms with E-state index in [-0.39, 0.29) is 21.5 Å². The van der Waals surface area contributed by atoms with Crippen LogP contribution in [-0.4, -0.2) is 39.9 Å². The summed E-state index contributed by atoms with van der Waals surface area (Å²) in [7, 11) is -0.0343. The van der Waals surface area contributed by atoms with E-state index in [1.807, 2.05) is 69.2 Å². The highest BCUT2D eigenvalue weighted by molar-refractivity contribution is 7.92. The lowest BCUT2D eigenvalue weighted by Crippen LogP contribution is -2.34. The van der Waals surface area contributed by atoms with Gasteiger partial charge in [-0.05, 0) is 75.0 Å². The molecule has 6 nitrogen and oxygen atoms in total. The van der Waals surface area contributed by atoms with E-state index in [0.29, 0.717) is 12.2 Å². The normalized spacial score (nSPS) is 12.4. The Morgan fingerprint density at radius 2 is 1.67 bits per heavy atom. The number of hydrogen-bond donors (Lipinski definition) is 2. The maximum atomic E-state index is 12.9. The number of rotatable bonds is 8. The van der Waals surface area contributed by atoms with E-state index in [1.54, 1.807) is 12.1 Å². The molecule has 0 aliphatic carbocycles. The first-order chi connectivity index (χ1) is 15.6. The first-order valence-corrected chi connectivity index (χ1v) is 12.3. The van der Waals surface area contributed by atoms with Gasteiger partial charge in [-0.3, -0.25) is 9.52 Å². The molecule has 0 saturated carbocycles. The fourth-order valence-corrected chi connectivity index (χ4v) is 4.70. The Labute approximate surface area is 200 Å². The van der Waals surface area contributed by atoms with Crippen LogP contribution < -0.4 is 10.0 Å². The van der Waals surface area contributed by atoms with Gasteiger partial charge in [0.25, 0.3) is 15.9 Å². The number of likely N-dealkylation sites (N-methyl/N-ethyl adjacent to an activating group) is 1. The Balaban J connectivity index is 1.80. The van der Waals surface area contributed by atoms with Crippen LogP contribution in [0.2, 0.25) is 5.02 Å². The molecule has 0 aromatic heterocycles. The van der Waals surface area contributed by atoms with E-state index < -0.39 is 15.9 Å². The number of anilines is 1. The molecule has 1 amide bonds. The number of aryl methyl sites for hydroxylation is 2. The van der Waals surface area contributed by atoms with Crippen LogP contribution in [0.1, 0.15) is 33.1 Å². The molecule has 2 N–H and O–H groups in total. The number of amides is 1. The number of nitrogens with one attached hydrogen (secondary N) is 2. The predicted molar refractivity (Wildman–Crippen MR) is 133 cm³/mol. The lowest BCUT2D eigenvalue weighted by Gasteiger charge is -2.25. The van der Waals surface area contributed by atoms with Crippen LogP contribution in [-0.2, 0) is 10.0 Å². The molecule has 0 heterocycles. The highest BCUT2D eigenvalue weighted by Gasteiger charge is 2.21. The van der Waals surface area contributed by atoms with Crippen LogP contribution in [0, 0.1) is 13.8 Å². The summed E-state index contributed by atoms with van der Waals surface area (Å²) < 4.78 is 28.4. The average molecular weight is 486 g/mol. The minimum atomic E-state index is -3.90. The van der Waals surface area contributed by atoms with Crippen molar-refractivity contribution in [2.45, 2.75) is 24.8 Å². The minimum absolute atomic E-state index is 0.0394. The summed E-state index contributed by atoms with van der Waals surface area (Å²) in [6, 6.07) is 19.2. The maximum Gasteiger partial charge on any atom is 0.261 e. The molecule has 33 heavy (non-hydrogen) atoms. The van der Waals surface area contributed by atoms with Crippen molar-refractivity contribution in [1.82, 2.24) is 10.2 Å². The summed E-state index contributed by atoms with van der Waals surface area (Å²) in [5.74, 6) is -0.439. The lowest BCUT2D eigenvalue weighted by molar-refractivity contribution is 0.0942. The van der Waals surface area contributed by atoms with Gasteiger partial charge in [-0.2, -0.15) is 0 Å². The molecule has 174 valence electrons. The van der Waals surface area contributed by atoms with E-state index in [4.69, 9.17) is 11.6 Å². The van der Waals surface area contributed by atoms with Gasteiger partial charge in [0.1, 0.15) is 0 Å². The number of benzene rings is 3. The number of halogens is 1. The number of carbonyl (C=O) groups is 1. The third-order valence-electron chi connectivity index (χ3n) is 5.52. The Kier molecular flexibility index (Phi) is 7.79. The van der Waals surface area contributed by atoms with Gasteiger partial charge in [-0.15, -0.1) is 0 Å². The van der Waals surface area contributed by atoms with Crippen LogP contribution in [0.4, 0.5) is 5.69 Å². The second-order valence-electron chi connectivity index (χ2n) is 8.15. The largest absolute Gasteiger partial charge is 0.350 e. The van der Waals surface area contributed by atoms with Crippen LogP contribution in [0.15, 0.2) is 71.6 Å². The SMILES string of the molecule is Cc1ccc(NS(=O)(=O)c2ccc(Cl)c(C(=O)NCC(c3ccccc3)N(C)C)c2)cc1C. The molecular formula is C25H28ClN3O3S. The fraction of sp³-hybridized carbons (Fsp3) is 0.240. The Bertz CT molecular complexity index is 1250. The van der Waals surface area contributed by atoms with E-state index in [0.717, 1.165) is 16.7 Å². The minimum Gasteiger partial charge on any atom is -0.350 e. The van der Waals surface area contributed by atoms with Crippen molar-refractivity contribution in [2.75, 3.05) is 25.4 Å². The van der Waals surface area contributed by atoms with Gasteiger partial charge in [0.15, 0.2) is 0 Å². The molecule has 0 saturated heterocycles. The molecule has 1 unspecified atom stereocenters. The molecule has 3 rings (SSSR count). The third-order valence-corrected chi connectivity index (χ3v) is 7.22. The van der Waals surface area contributed by atoms with Crippen molar-refractivity contribution in [3.05, 3.63) is 94.0 Å².